The Bertz CT molecular complexity index is 716. The van der Waals surface area contributed by atoms with Crippen LogP contribution in [0.4, 0.5) is 5.82 Å². The number of carbonyl (C=O) groups excluding carboxylic acids is 1. The summed E-state index contributed by atoms with van der Waals surface area (Å²) in [5.41, 5.74) is 7.61. The highest BCUT2D eigenvalue weighted by molar-refractivity contribution is 5.94. The van der Waals surface area contributed by atoms with Gasteiger partial charge in [0.1, 0.15) is 11.6 Å². The summed E-state index contributed by atoms with van der Waals surface area (Å²) >= 11 is 0. The Kier molecular flexibility index (Phi) is 4.76. The molecule has 24 heavy (non-hydrogen) atoms. The second kappa shape index (κ2) is 6.97. The molecule has 0 unspecified atom stereocenters. The van der Waals surface area contributed by atoms with Gasteiger partial charge in [-0.15, -0.1) is 0 Å². The molecule has 1 fully saturated rings. The van der Waals surface area contributed by atoms with Gasteiger partial charge in [-0.05, 0) is 38.6 Å². The molecule has 2 aromatic rings. The number of anilines is 1. The predicted molar refractivity (Wildman–Crippen MR) is 93.4 cm³/mol. The smallest absolute Gasteiger partial charge is 0.253 e. The number of likely N-dealkylation sites (N-methyl/N-ethyl adjacent to an activating group) is 1. The first-order valence-corrected chi connectivity index (χ1v) is 8.16. The molecule has 1 amide bonds. The van der Waals surface area contributed by atoms with E-state index in [0.717, 1.165) is 30.6 Å². The maximum atomic E-state index is 12.6. The zero-order valence-corrected chi connectivity index (χ0v) is 14.1. The van der Waals surface area contributed by atoms with E-state index >= 15 is 0 Å². The number of nitrogens with zero attached hydrogens (tertiary/aromatic N) is 4. The van der Waals surface area contributed by atoms with Crippen LogP contribution in [0.2, 0.25) is 0 Å². The van der Waals surface area contributed by atoms with Gasteiger partial charge in [-0.1, -0.05) is 17.7 Å². The molecular weight excluding hydrogens is 302 g/mol. The number of rotatable bonds is 4. The molecule has 6 nitrogen and oxygen atoms in total. The number of likely N-dealkylation sites (tertiary alicyclic amines) is 1. The van der Waals surface area contributed by atoms with Crippen molar-refractivity contribution in [2.45, 2.75) is 25.9 Å². The molecule has 1 aromatic heterocycles. The van der Waals surface area contributed by atoms with E-state index in [1.165, 1.54) is 0 Å². The van der Waals surface area contributed by atoms with Gasteiger partial charge in [-0.3, -0.25) is 9.69 Å². The quantitative estimate of drug-likeness (QED) is 0.926. The second-order valence-electron chi connectivity index (χ2n) is 6.37. The van der Waals surface area contributed by atoms with Gasteiger partial charge in [0.25, 0.3) is 5.91 Å². The minimum absolute atomic E-state index is 0.103. The lowest BCUT2D eigenvalue weighted by Crippen LogP contribution is -2.36. The normalized spacial score (nSPS) is 17.5. The molecule has 2 N–H and O–H groups in total. The van der Waals surface area contributed by atoms with E-state index in [0.29, 0.717) is 24.2 Å². The number of nitrogens with two attached hydrogens (primary N) is 1. The number of amides is 1. The van der Waals surface area contributed by atoms with Gasteiger partial charge in [0.05, 0.1) is 6.54 Å². The van der Waals surface area contributed by atoms with Gasteiger partial charge in [-0.25, -0.2) is 9.97 Å². The van der Waals surface area contributed by atoms with Crippen molar-refractivity contribution in [2.75, 3.05) is 25.9 Å². The molecule has 6 heteroatoms. The third kappa shape index (κ3) is 3.71. The minimum Gasteiger partial charge on any atom is -0.384 e. The molecule has 1 saturated heterocycles. The topological polar surface area (TPSA) is 75.4 Å². The van der Waals surface area contributed by atoms with Gasteiger partial charge in [0, 0.05) is 30.9 Å². The zero-order valence-electron chi connectivity index (χ0n) is 14.1. The summed E-state index contributed by atoms with van der Waals surface area (Å²) < 4.78 is 0. The first kappa shape index (κ1) is 16.4. The standard InChI is InChI=1S/C18H23N5O/c1-13-3-5-14(6-4-13)18(24)23-10-8-15(11-23)22(2)12-17-20-9-7-16(19)21-17/h3-7,9,15H,8,10-12H2,1-2H3,(H2,19,20,21)/t15-/m0/s1. The third-order valence-corrected chi connectivity index (χ3v) is 4.49. The lowest BCUT2D eigenvalue weighted by Gasteiger charge is -2.24. The molecule has 1 aromatic carbocycles. The number of nitrogen functional groups attached to an aromatic ring is 1. The Labute approximate surface area is 142 Å². The minimum atomic E-state index is 0.103. The number of carbonyl (C=O) groups is 1. The van der Waals surface area contributed by atoms with Gasteiger partial charge in [0.2, 0.25) is 0 Å². The molecule has 126 valence electrons. The molecule has 3 rings (SSSR count). The average molecular weight is 325 g/mol. The number of hydrogen-bond acceptors (Lipinski definition) is 5. The van der Waals surface area contributed by atoms with E-state index in [2.05, 4.69) is 14.9 Å². The fraction of sp³-hybridized carbons (Fsp3) is 0.389. The zero-order chi connectivity index (χ0) is 17.1. The molecule has 1 aliphatic rings. The van der Waals surface area contributed by atoms with Crippen LogP contribution in [0.3, 0.4) is 0 Å². The highest BCUT2D eigenvalue weighted by Gasteiger charge is 2.29. The van der Waals surface area contributed by atoms with Gasteiger partial charge >= 0.3 is 0 Å². The van der Waals surface area contributed by atoms with E-state index in [-0.39, 0.29) is 5.91 Å². The van der Waals surface area contributed by atoms with Crippen LogP contribution in [0.15, 0.2) is 36.5 Å². The summed E-state index contributed by atoms with van der Waals surface area (Å²) in [6, 6.07) is 9.74. The highest BCUT2D eigenvalue weighted by Crippen LogP contribution is 2.18. The third-order valence-electron chi connectivity index (χ3n) is 4.49. The van der Waals surface area contributed by atoms with Crippen LogP contribution in [-0.2, 0) is 6.54 Å². The van der Waals surface area contributed by atoms with Crippen molar-refractivity contribution in [3.05, 3.63) is 53.5 Å². The largest absolute Gasteiger partial charge is 0.384 e. The van der Waals surface area contributed by atoms with Crippen molar-refractivity contribution in [2.24, 2.45) is 0 Å². The molecule has 0 aliphatic carbocycles. The maximum absolute atomic E-state index is 12.6. The molecular formula is C18H23N5O. The number of aryl methyl sites for hydroxylation is 1. The van der Waals surface area contributed by atoms with Crippen LogP contribution in [0.25, 0.3) is 0 Å². The van der Waals surface area contributed by atoms with Crippen LogP contribution < -0.4 is 5.73 Å². The lowest BCUT2D eigenvalue weighted by molar-refractivity contribution is 0.0779. The average Bonchev–Trinajstić information content (AvgIpc) is 3.05. The van der Waals surface area contributed by atoms with Crippen LogP contribution in [-0.4, -0.2) is 51.9 Å². The summed E-state index contributed by atoms with van der Waals surface area (Å²) in [5.74, 6) is 1.29. The molecule has 2 heterocycles. The second-order valence-corrected chi connectivity index (χ2v) is 6.37. The first-order valence-electron chi connectivity index (χ1n) is 8.16. The van der Waals surface area contributed by atoms with Crippen molar-refractivity contribution >= 4 is 11.7 Å². The van der Waals surface area contributed by atoms with Crippen LogP contribution in [0.5, 0.6) is 0 Å². The van der Waals surface area contributed by atoms with Crippen molar-refractivity contribution in [1.82, 2.24) is 19.8 Å². The van der Waals surface area contributed by atoms with E-state index in [9.17, 15) is 4.79 Å². The van der Waals surface area contributed by atoms with E-state index < -0.39 is 0 Å². The fourth-order valence-corrected chi connectivity index (χ4v) is 3.01. The summed E-state index contributed by atoms with van der Waals surface area (Å²) in [4.78, 5) is 25.2. The molecule has 0 saturated carbocycles. The summed E-state index contributed by atoms with van der Waals surface area (Å²) in [5, 5.41) is 0. The van der Waals surface area contributed by atoms with Crippen molar-refractivity contribution in [3.63, 3.8) is 0 Å². The summed E-state index contributed by atoms with van der Waals surface area (Å²) in [7, 11) is 2.04. The van der Waals surface area contributed by atoms with E-state index in [4.69, 9.17) is 5.73 Å². The van der Waals surface area contributed by atoms with Gasteiger partial charge < -0.3 is 10.6 Å². The Hall–Kier alpha value is -2.47. The predicted octanol–water partition coefficient (Wildman–Crippen LogP) is 1.71. The number of hydrogen-bond donors (Lipinski definition) is 1. The Morgan fingerprint density at radius 2 is 2.08 bits per heavy atom. The van der Waals surface area contributed by atoms with Crippen molar-refractivity contribution in [3.8, 4) is 0 Å². The van der Waals surface area contributed by atoms with E-state index in [1.807, 2.05) is 43.1 Å². The van der Waals surface area contributed by atoms with E-state index in [1.54, 1.807) is 12.3 Å². The Morgan fingerprint density at radius 1 is 1.33 bits per heavy atom. The molecule has 1 aliphatic heterocycles. The first-order chi connectivity index (χ1) is 11.5. The molecule has 1 atom stereocenters. The number of benzene rings is 1. The van der Waals surface area contributed by atoms with Crippen LogP contribution >= 0.6 is 0 Å². The Balaban J connectivity index is 1.60. The van der Waals surface area contributed by atoms with Crippen LogP contribution in [0.1, 0.15) is 28.2 Å². The molecule has 0 radical (unpaired) electrons. The monoisotopic (exact) mass is 325 g/mol. The van der Waals surface area contributed by atoms with Gasteiger partial charge in [0.15, 0.2) is 0 Å². The lowest BCUT2D eigenvalue weighted by atomic mass is 10.1. The summed E-state index contributed by atoms with van der Waals surface area (Å²) in [6.45, 7) is 4.15. The van der Waals surface area contributed by atoms with Gasteiger partial charge in [-0.2, -0.15) is 0 Å². The Morgan fingerprint density at radius 3 is 2.79 bits per heavy atom. The van der Waals surface area contributed by atoms with Crippen LogP contribution in [0, 0.1) is 6.92 Å². The SMILES string of the molecule is Cc1ccc(C(=O)N2CC[C@H](N(C)Cc3nccc(N)n3)C2)cc1. The molecule has 0 spiro atoms. The van der Waals surface area contributed by atoms with Crippen molar-refractivity contribution in [1.29, 1.82) is 0 Å². The highest BCUT2D eigenvalue weighted by atomic mass is 16.2. The van der Waals surface area contributed by atoms with Crippen molar-refractivity contribution < 1.29 is 4.79 Å². The maximum Gasteiger partial charge on any atom is 0.253 e. The summed E-state index contributed by atoms with van der Waals surface area (Å²) in [6.07, 6.45) is 2.63. The number of aromatic nitrogens is 2. The molecule has 0 bridgehead atoms. The fourth-order valence-electron chi connectivity index (χ4n) is 3.01.